The van der Waals surface area contributed by atoms with Gasteiger partial charge in [-0.2, -0.15) is 0 Å². The summed E-state index contributed by atoms with van der Waals surface area (Å²) in [5, 5.41) is 2.92. The molecule has 4 heteroatoms. The van der Waals surface area contributed by atoms with Gasteiger partial charge in [-0.15, -0.1) is 0 Å². The van der Waals surface area contributed by atoms with Crippen molar-refractivity contribution in [1.82, 2.24) is 0 Å². The number of amides is 1. The molecule has 0 bridgehead atoms. The molecule has 2 rings (SSSR count). The second-order valence-corrected chi connectivity index (χ2v) is 5.77. The number of hydrogen-bond donors (Lipinski definition) is 1. The minimum absolute atomic E-state index is 0.181. The zero-order chi connectivity index (χ0) is 17.4. The van der Waals surface area contributed by atoms with Crippen molar-refractivity contribution < 1.29 is 14.3 Å². The van der Waals surface area contributed by atoms with Crippen LogP contribution in [0.15, 0.2) is 48.5 Å². The molecule has 128 valence electrons. The van der Waals surface area contributed by atoms with E-state index in [9.17, 15) is 4.79 Å². The molecule has 0 aliphatic rings. The minimum Gasteiger partial charge on any atom is -0.490 e. The smallest absolute Gasteiger partial charge is 0.259 e. The molecular weight excluding hydrogens is 302 g/mol. The Hall–Kier alpha value is -2.33. The summed E-state index contributed by atoms with van der Waals surface area (Å²) in [5.41, 5.74) is 2.53. The number of rotatable bonds is 8. The lowest BCUT2D eigenvalue weighted by Crippen LogP contribution is -2.15. The maximum absolute atomic E-state index is 12.5. The zero-order valence-electron chi connectivity index (χ0n) is 14.5. The van der Waals surface area contributed by atoms with Gasteiger partial charge in [0.1, 0.15) is 12.4 Å². The van der Waals surface area contributed by atoms with E-state index in [1.54, 1.807) is 12.1 Å². The Kier molecular flexibility index (Phi) is 6.82. The monoisotopic (exact) mass is 327 g/mol. The highest BCUT2D eigenvalue weighted by Crippen LogP contribution is 2.21. The molecule has 0 saturated carbocycles. The van der Waals surface area contributed by atoms with Gasteiger partial charge in [-0.1, -0.05) is 38.1 Å². The van der Waals surface area contributed by atoms with E-state index in [-0.39, 0.29) is 5.91 Å². The number of benzene rings is 2. The van der Waals surface area contributed by atoms with Crippen LogP contribution in [0.2, 0.25) is 0 Å². The molecule has 0 aliphatic carbocycles. The molecule has 0 heterocycles. The van der Waals surface area contributed by atoms with Gasteiger partial charge in [0.15, 0.2) is 0 Å². The molecule has 1 N–H and O–H groups in total. The first kappa shape index (κ1) is 18.0. The molecule has 0 saturated heterocycles. The van der Waals surface area contributed by atoms with Crippen molar-refractivity contribution >= 4 is 11.6 Å². The summed E-state index contributed by atoms with van der Waals surface area (Å²) in [5.74, 6) is 0.849. The maximum Gasteiger partial charge on any atom is 0.259 e. The van der Waals surface area contributed by atoms with Crippen LogP contribution in [0.5, 0.6) is 5.75 Å². The molecule has 0 aromatic heterocycles. The van der Waals surface area contributed by atoms with Crippen molar-refractivity contribution in [2.45, 2.75) is 26.7 Å². The van der Waals surface area contributed by atoms with Crippen molar-refractivity contribution in [3.05, 3.63) is 59.7 Å². The summed E-state index contributed by atoms with van der Waals surface area (Å²) < 4.78 is 10.9. The average Bonchev–Trinajstić information content (AvgIpc) is 2.59. The minimum atomic E-state index is -0.181. The summed E-state index contributed by atoms with van der Waals surface area (Å²) in [6.45, 7) is 7.79. The van der Waals surface area contributed by atoms with Crippen molar-refractivity contribution in [2.75, 3.05) is 25.1 Å². The molecule has 2 aromatic carbocycles. The SMILES string of the molecule is CCOCCOc1ccccc1C(=O)Nc1ccc(C(C)C)cc1. The van der Waals surface area contributed by atoms with E-state index in [4.69, 9.17) is 9.47 Å². The van der Waals surface area contributed by atoms with Gasteiger partial charge >= 0.3 is 0 Å². The Labute approximate surface area is 143 Å². The van der Waals surface area contributed by atoms with Gasteiger partial charge in [0.25, 0.3) is 5.91 Å². The number of carbonyl (C=O) groups is 1. The summed E-state index contributed by atoms with van der Waals surface area (Å²) in [7, 11) is 0. The Bertz CT molecular complexity index is 650. The third-order valence-corrected chi connectivity index (χ3v) is 3.66. The van der Waals surface area contributed by atoms with E-state index < -0.39 is 0 Å². The Morgan fingerprint density at radius 1 is 1.04 bits per heavy atom. The third-order valence-electron chi connectivity index (χ3n) is 3.66. The molecule has 0 radical (unpaired) electrons. The third kappa shape index (κ3) is 5.10. The fourth-order valence-electron chi connectivity index (χ4n) is 2.28. The van der Waals surface area contributed by atoms with Crippen molar-refractivity contribution in [1.29, 1.82) is 0 Å². The summed E-state index contributed by atoms with van der Waals surface area (Å²) >= 11 is 0. The van der Waals surface area contributed by atoms with Gasteiger partial charge in [-0.25, -0.2) is 0 Å². The van der Waals surface area contributed by atoms with E-state index in [1.165, 1.54) is 5.56 Å². The van der Waals surface area contributed by atoms with Crippen LogP contribution < -0.4 is 10.1 Å². The van der Waals surface area contributed by atoms with Crippen molar-refractivity contribution in [3.63, 3.8) is 0 Å². The second-order valence-electron chi connectivity index (χ2n) is 5.77. The first-order valence-electron chi connectivity index (χ1n) is 8.32. The van der Waals surface area contributed by atoms with Crippen molar-refractivity contribution in [3.8, 4) is 5.75 Å². The van der Waals surface area contributed by atoms with Gasteiger partial charge in [0.05, 0.1) is 12.2 Å². The lowest BCUT2D eigenvalue weighted by Gasteiger charge is -2.12. The summed E-state index contributed by atoms with van der Waals surface area (Å²) in [6, 6.07) is 15.1. The number of hydrogen-bond acceptors (Lipinski definition) is 3. The maximum atomic E-state index is 12.5. The van der Waals surface area contributed by atoms with Crippen LogP contribution in [0.4, 0.5) is 5.69 Å². The molecule has 1 amide bonds. The predicted molar refractivity (Wildman–Crippen MR) is 96.9 cm³/mol. The van der Waals surface area contributed by atoms with Crippen LogP contribution in [-0.4, -0.2) is 25.7 Å². The van der Waals surface area contributed by atoms with Gasteiger partial charge in [0.2, 0.25) is 0 Å². The topological polar surface area (TPSA) is 47.6 Å². The Balaban J connectivity index is 2.03. The van der Waals surface area contributed by atoms with Gasteiger partial charge in [-0.3, -0.25) is 4.79 Å². The number of para-hydroxylation sites is 1. The normalized spacial score (nSPS) is 10.7. The standard InChI is InChI=1S/C20H25NO3/c1-4-23-13-14-24-19-8-6-5-7-18(19)20(22)21-17-11-9-16(10-12-17)15(2)3/h5-12,15H,4,13-14H2,1-3H3,(H,21,22). The number of nitrogens with one attached hydrogen (secondary N) is 1. The van der Waals surface area contributed by atoms with Gasteiger partial charge in [0, 0.05) is 12.3 Å². The summed E-state index contributed by atoms with van der Waals surface area (Å²) in [4.78, 5) is 12.5. The average molecular weight is 327 g/mol. The molecule has 0 unspecified atom stereocenters. The zero-order valence-corrected chi connectivity index (χ0v) is 14.5. The van der Waals surface area contributed by atoms with E-state index in [0.29, 0.717) is 37.1 Å². The highest BCUT2D eigenvalue weighted by Gasteiger charge is 2.12. The largest absolute Gasteiger partial charge is 0.490 e. The van der Waals surface area contributed by atoms with Crippen LogP contribution >= 0.6 is 0 Å². The quantitative estimate of drug-likeness (QED) is 0.727. The molecular formula is C20H25NO3. The highest BCUT2D eigenvalue weighted by molar-refractivity contribution is 6.06. The number of ether oxygens (including phenoxy) is 2. The van der Waals surface area contributed by atoms with Gasteiger partial charge < -0.3 is 14.8 Å². The first-order valence-corrected chi connectivity index (χ1v) is 8.32. The Morgan fingerprint density at radius 2 is 1.75 bits per heavy atom. The first-order chi connectivity index (χ1) is 11.6. The van der Waals surface area contributed by atoms with Gasteiger partial charge in [-0.05, 0) is 42.7 Å². The molecule has 0 atom stereocenters. The second kappa shape index (κ2) is 9.08. The van der Waals surface area contributed by atoms with E-state index >= 15 is 0 Å². The summed E-state index contributed by atoms with van der Waals surface area (Å²) in [6.07, 6.45) is 0. The molecule has 2 aromatic rings. The molecule has 0 aliphatic heterocycles. The molecule has 24 heavy (non-hydrogen) atoms. The van der Waals surface area contributed by atoms with E-state index in [1.807, 2.05) is 43.3 Å². The molecule has 0 spiro atoms. The fourth-order valence-corrected chi connectivity index (χ4v) is 2.28. The lowest BCUT2D eigenvalue weighted by molar-refractivity contribution is 0.0998. The van der Waals surface area contributed by atoms with Crippen LogP contribution in [-0.2, 0) is 4.74 Å². The van der Waals surface area contributed by atoms with E-state index in [2.05, 4.69) is 19.2 Å². The predicted octanol–water partition coefficient (Wildman–Crippen LogP) is 4.48. The molecule has 0 fully saturated rings. The van der Waals surface area contributed by atoms with E-state index in [0.717, 1.165) is 5.69 Å². The van der Waals surface area contributed by atoms with Crippen molar-refractivity contribution in [2.24, 2.45) is 0 Å². The van der Waals surface area contributed by atoms with Crippen LogP contribution in [0.1, 0.15) is 42.6 Å². The Morgan fingerprint density at radius 3 is 2.42 bits per heavy atom. The lowest BCUT2D eigenvalue weighted by atomic mass is 10.0. The number of carbonyl (C=O) groups excluding carboxylic acids is 1. The van der Waals surface area contributed by atoms with Crippen LogP contribution in [0, 0.1) is 0 Å². The highest BCUT2D eigenvalue weighted by atomic mass is 16.5. The number of anilines is 1. The van der Waals surface area contributed by atoms with Crippen LogP contribution in [0.3, 0.4) is 0 Å². The van der Waals surface area contributed by atoms with Crippen LogP contribution in [0.25, 0.3) is 0 Å². The molecule has 4 nitrogen and oxygen atoms in total. The fraction of sp³-hybridized carbons (Fsp3) is 0.350.